The van der Waals surface area contributed by atoms with Gasteiger partial charge in [-0.05, 0) is 61.1 Å². The first kappa shape index (κ1) is 20.6. The maximum atomic E-state index is 13.1. The highest BCUT2D eigenvalue weighted by molar-refractivity contribution is 6.10. The van der Waals surface area contributed by atoms with Crippen LogP contribution in [0.5, 0.6) is 0 Å². The Morgan fingerprint density at radius 2 is 1.74 bits per heavy atom. The molecule has 3 N–H and O–H groups in total. The smallest absolute Gasteiger partial charge is 0.325 e. The summed E-state index contributed by atoms with van der Waals surface area (Å²) >= 11 is 0. The van der Waals surface area contributed by atoms with Gasteiger partial charge < -0.3 is 16.0 Å². The molecule has 1 aliphatic heterocycles. The molecule has 160 valence electrons. The number of rotatable bonds is 5. The van der Waals surface area contributed by atoms with Crippen molar-refractivity contribution < 1.29 is 19.2 Å². The molecule has 4 rings (SSSR count). The summed E-state index contributed by atoms with van der Waals surface area (Å²) in [5, 5.41) is 8.04. The molecule has 0 bridgehead atoms. The number of fused-ring (bicyclic) bond motifs is 1. The highest BCUT2D eigenvalue weighted by Crippen LogP contribution is 2.32. The van der Waals surface area contributed by atoms with Crippen molar-refractivity contribution in [2.75, 3.05) is 17.2 Å². The number of anilines is 2. The number of imide groups is 1. The van der Waals surface area contributed by atoms with Gasteiger partial charge in [0.05, 0.1) is 0 Å². The molecule has 1 atom stereocenters. The summed E-state index contributed by atoms with van der Waals surface area (Å²) in [6.07, 6.45) is 3.08. The van der Waals surface area contributed by atoms with Gasteiger partial charge in [0.15, 0.2) is 0 Å². The lowest BCUT2D eigenvalue weighted by molar-refractivity contribution is -0.133. The second-order valence-corrected chi connectivity index (χ2v) is 8.09. The van der Waals surface area contributed by atoms with Crippen molar-refractivity contribution in [3.63, 3.8) is 0 Å². The maximum absolute atomic E-state index is 13.1. The first-order valence-electron chi connectivity index (χ1n) is 10.2. The van der Waals surface area contributed by atoms with E-state index in [9.17, 15) is 19.2 Å². The zero-order valence-corrected chi connectivity index (χ0v) is 17.5. The molecule has 2 aromatic carbocycles. The van der Waals surface area contributed by atoms with E-state index in [0.29, 0.717) is 11.4 Å². The van der Waals surface area contributed by atoms with Gasteiger partial charge in [0.2, 0.25) is 11.8 Å². The van der Waals surface area contributed by atoms with Crippen LogP contribution in [0.25, 0.3) is 0 Å². The summed E-state index contributed by atoms with van der Waals surface area (Å²) in [7, 11) is 0. The average molecular weight is 420 g/mol. The third kappa shape index (κ3) is 4.01. The van der Waals surface area contributed by atoms with Crippen molar-refractivity contribution in [2.45, 2.75) is 38.6 Å². The third-order valence-electron chi connectivity index (χ3n) is 5.72. The Morgan fingerprint density at radius 3 is 2.48 bits per heavy atom. The van der Waals surface area contributed by atoms with E-state index in [1.165, 1.54) is 18.1 Å². The van der Waals surface area contributed by atoms with Crippen LogP contribution in [0.4, 0.5) is 16.2 Å². The predicted molar refractivity (Wildman–Crippen MR) is 115 cm³/mol. The van der Waals surface area contributed by atoms with Crippen LogP contribution >= 0.6 is 0 Å². The summed E-state index contributed by atoms with van der Waals surface area (Å²) in [6, 6.07) is 11.9. The number of amides is 5. The Morgan fingerprint density at radius 1 is 1.03 bits per heavy atom. The number of carbonyl (C=O) groups is 4. The van der Waals surface area contributed by atoms with Crippen LogP contribution in [-0.2, 0) is 32.8 Å². The monoisotopic (exact) mass is 420 g/mol. The van der Waals surface area contributed by atoms with Crippen LogP contribution in [0.1, 0.15) is 37.0 Å². The van der Waals surface area contributed by atoms with Crippen molar-refractivity contribution in [3.05, 3.63) is 59.2 Å². The topological polar surface area (TPSA) is 108 Å². The second-order valence-electron chi connectivity index (χ2n) is 8.09. The van der Waals surface area contributed by atoms with Gasteiger partial charge in [-0.1, -0.05) is 24.3 Å². The van der Waals surface area contributed by atoms with E-state index in [-0.39, 0.29) is 5.91 Å². The Hall–Kier alpha value is -3.68. The van der Waals surface area contributed by atoms with Crippen LogP contribution in [0.3, 0.4) is 0 Å². The molecule has 1 fully saturated rings. The summed E-state index contributed by atoms with van der Waals surface area (Å²) in [6.45, 7) is 2.65. The lowest BCUT2D eigenvalue weighted by Crippen LogP contribution is -2.42. The molecule has 5 amide bonds. The average Bonchev–Trinajstić information content (AvgIpc) is 3.26. The fourth-order valence-electron chi connectivity index (χ4n) is 4.14. The van der Waals surface area contributed by atoms with Gasteiger partial charge >= 0.3 is 6.03 Å². The van der Waals surface area contributed by atoms with Crippen LogP contribution in [0, 0.1) is 0 Å². The molecule has 0 spiro atoms. The van der Waals surface area contributed by atoms with Crippen molar-refractivity contribution in [2.24, 2.45) is 0 Å². The fraction of sp³-hybridized carbons (Fsp3) is 0.304. The summed E-state index contributed by atoms with van der Waals surface area (Å²) < 4.78 is 0. The van der Waals surface area contributed by atoms with Crippen LogP contribution in [0.2, 0.25) is 0 Å². The molecule has 1 heterocycles. The third-order valence-corrected chi connectivity index (χ3v) is 5.72. The van der Waals surface area contributed by atoms with Crippen molar-refractivity contribution in [3.8, 4) is 0 Å². The Balaban J connectivity index is 1.47. The van der Waals surface area contributed by atoms with Gasteiger partial charge in [-0.25, -0.2) is 4.79 Å². The number of urea groups is 1. The molecule has 1 saturated heterocycles. The molecule has 0 radical (unpaired) electrons. The number of carbonyl (C=O) groups excluding carboxylic acids is 4. The maximum Gasteiger partial charge on any atom is 0.325 e. The molecule has 2 aliphatic rings. The van der Waals surface area contributed by atoms with E-state index in [4.69, 9.17) is 0 Å². The minimum absolute atomic E-state index is 0.228. The fourth-order valence-corrected chi connectivity index (χ4v) is 4.14. The van der Waals surface area contributed by atoms with Gasteiger partial charge in [-0.3, -0.25) is 19.3 Å². The predicted octanol–water partition coefficient (Wildman–Crippen LogP) is 2.54. The number of nitrogens with zero attached hydrogens (tertiary/aromatic N) is 1. The largest absolute Gasteiger partial charge is 0.326 e. The van der Waals surface area contributed by atoms with Gasteiger partial charge in [0.1, 0.15) is 12.1 Å². The Kier molecular flexibility index (Phi) is 5.22. The molecule has 0 saturated carbocycles. The Bertz CT molecular complexity index is 1100. The van der Waals surface area contributed by atoms with Crippen LogP contribution in [-0.4, -0.2) is 35.2 Å². The lowest BCUT2D eigenvalue weighted by atomic mass is 9.89. The van der Waals surface area contributed by atoms with E-state index in [1.807, 2.05) is 18.2 Å². The van der Waals surface area contributed by atoms with E-state index in [0.717, 1.165) is 29.7 Å². The first-order chi connectivity index (χ1) is 14.8. The number of hydrogen-bond donors (Lipinski definition) is 3. The highest BCUT2D eigenvalue weighted by Gasteiger charge is 2.49. The summed E-state index contributed by atoms with van der Waals surface area (Å²) in [5.41, 5.74) is 2.98. The van der Waals surface area contributed by atoms with Gasteiger partial charge in [-0.15, -0.1) is 0 Å². The number of benzene rings is 2. The Labute approximate surface area is 180 Å². The molecule has 8 heteroatoms. The summed E-state index contributed by atoms with van der Waals surface area (Å²) in [4.78, 5) is 50.3. The normalized spacial score (nSPS) is 19.7. The minimum Gasteiger partial charge on any atom is -0.326 e. The standard InChI is InChI=1S/C23H24N4O4/c1-14(28)24-18-7-4-8-19(12-18)25-20(29)13-27-21(30)23(2,26-22(27)31)17-10-9-15-5-3-6-16(15)11-17/h4,7-12H,3,5-6,13H2,1-2H3,(H,24,28)(H,25,29)(H,26,31). The SMILES string of the molecule is CC(=O)Nc1cccc(NC(=O)CN2C(=O)NC(C)(c3ccc4c(c3)CCC4)C2=O)c1. The molecule has 8 nitrogen and oxygen atoms in total. The molecule has 0 aromatic heterocycles. The van der Waals surface area contributed by atoms with Crippen LogP contribution < -0.4 is 16.0 Å². The van der Waals surface area contributed by atoms with Crippen LogP contribution in [0.15, 0.2) is 42.5 Å². The zero-order valence-electron chi connectivity index (χ0n) is 17.5. The quantitative estimate of drug-likeness (QED) is 0.646. The molecule has 1 aliphatic carbocycles. The first-order valence-corrected chi connectivity index (χ1v) is 10.2. The highest BCUT2D eigenvalue weighted by atomic mass is 16.2. The van der Waals surface area contributed by atoms with E-state index in [1.54, 1.807) is 31.2 Å². The number of hydrogen-bond acceptors (Lipinski definition) is 4. The van der Waals surface area contributed by atoms with Gasteiger partial charge in [0.25, 0.3) is 5.91 Å². The molecule has 31 heavy (non-hydrogen) atoms. The molecular weight excluding hydrogens is 396 g/mol. The second kappa shape index (κ2) is 7.86. The molecular formula is C23H24N4O4. The molecule has 2 aromatic rings. The summed E-state index contributed by atoms with van der Waals surface area (Å²) in [5.74, 6) is -1.20. The van der Waals surface area contributed by atoms with E-state index in [2.05, 4.69) is 16.0 Å². The van der Waals surface area contributed by atoms with E-state index >= 15 is 0 Å². The van der Waals surface area contributed by atoms with Gasteiger partial charge in [0, 0.05) is 18.3 Å². The van der Waals surface area contributed by atoms with E-state index < -0.39 is 29.9 Å². The van der Waals surface area contributed by atoms with Crippen molar-refractivity contribution >= 4 is 35.1 Å². The lowest BCUT2D eigenvalue weighted by Gasteiger charge is -2.23. The molecule has 1 unspecified atom stereocenters. The zero-order chi connectivity index (χ0) is 22.2. The number of nitrogens with one attached hydrogen (secondary N) is 3. The van der Waals surface area contributed by atoms with Gasteiger partial charge in [-0.2, -0.15) is 0 Å². The van der Waals surface area contributed by atoms with Crippen molar-refractivity contribution in [1.29, 1.82) is 0 Å². The minimum atomic E-state index is -1.21. The number of aryl methyl sites for hydroxylation is 2. The van der Waals surface area contributed by atoms with Crippen molar-refractivity contribution in [1.82, 2.24) is 10.2 Å².